The van der Waals surface area contributed by atoms with Crippen molar-refractivity contribution < 1.29 is 24.2 Å². The van der Waals surface area contributed by atoms with Crippen LogP contribution in [0.3, 0.4) is 0 Å². The molecule has 1 saturated carbocycles. The molecule has 0 unspecified atom stereocenters. The molecule has 2 aromatic rings. The van der Waals surface area contributed by atoms with E-state index in [1.807, 2.05) is 31.2 Å². The van der Waals surface area contributed by atoms with Gasteiger partial charge in [-0.2, -0.15) is 0 Å². The van der Waals surface area contributed by atoms with Crippen molar-refractivity contribution >= 4 is 18.0 Å². The van der Waals surface area contributed by atoms with E-state index in [1.54, 1.807) is 4.90 Å². The lowest BCUT2D eigenvalue weighted by Gasteiger charge is -2.28. The number of carboxylic acid groups (broad SMARTS) is 1. The first-order chi connectivity index (χ1) is 16.5. The number of carbonyl (C=O) groups excluding carboxylic acids is 2. The van der Waals surface area contributed by atoms with E-state index in [0.29, 0.717) is 19.4 Å². The van der Waals surface area contributed by atoms with Crippen molar-refractivity contribution in [2.75, 3.05) is 19.7 Å². The van der Waals surface area contributed by atoms with Gasteiger partial charge in [0.15, 0.2) is 0 Å². The second-order valence-corrected chi connectivity index (χ2v) is 9.08. The van der Waals surface area contributed by atoms with Crippen LogP contribution >= 0.6 is 0 Å². The average molecular weight is 465 g/mol. The van der Waals surface area contributed by atoms with Crippen molar-refractivity contribution in [2.24, 2.45) is 5.92 Å². The topological polar surface area (TPSA) is 95.9 Å². The second kappa shape index (κ2) is 10.7. The third kappa shape index (κ3) is 5.08. The van der Waals surface area contributed by atoms with E-state index < -0.39 is 12.1 Å². The van der Waals surface area contributed by atoms with Gasteiger partial charge >= 0.3 is 12.1 Å². The molecule has 4 rings (SSSR count). The van der Waals surface area contributed by atoms with Crippen LogP contribution in [0.4, 0.5) is 4.79 Å². The van der Waals surface area contributed by atoms with Gasteiger partial charge in [-0.05, 0) is 41.5 Å². The van der Waals surface area contributed by atoms with E-state index in [0.717, 1.165) is 24.0 Å². The van der Waals surface area contributed by atoms with Crippen molar-refractivity contribution in [2.45, 2.75) is 51.0 Å². The molecular formula is C27H32N2O5. The number of fused-ring (bicyclic) bond motifs is 3. The second-order valence-electron chi connectivity index (χ2n) is 9.08. The molecule has 1 fully saturated rings. The lowest BCUT2D eigenvalue weighted by atomic mass is 9.98. The summed E-state index contributed by atoms with van der Waals surface area (Å²) in [5.41, 5.74) is 4.65. The summed E-state index contributed by atoms with van der Waals surface area (Å²) in [6, 6.07) is 16.1. The van der Waals surface area contributed by atoms with E-state index in [-0.39, 0.29) is 43.4 Å². The molecule has 2 aliphatic rings. The number of alkyl carbamates (subject to hydrolysis) is 1. The molecule has 0 bridgehead atoms. The molecule has 7 nitrogen and oxygen atoms in total. The number of rotatable bonds is 9. The molecule has 2 aliphatic carbocycles. The standard InChI is InChI=1S/C27H32N2O5/c1-2-15-29(16-14-25(30)31)26(32)22-12-7-13-24(22)28-27(33)34-17-23-20-10-5-3-8-18(20)19-9-4-6-11-21(19)23/h3-6,8-11,22-24H,2,7,12-17H2,1H3,(H,28,33)(H,30,31)/t22-,24+/m1/s1. The number of hydrogen-bond acceptors (Lipinski definition) is 4. The van der Waals surface area contributed by atoms with Gasteiger partial charge in [-0.3, -0.25) is 9.59 Å². The van der Waals surface area contributed by atoms with Crippen molar-refractivity contribution in [1.82, 2.24) is 10.2 Å². The van der Waals surface area contributed by atoms with Crippen molar-refractivity contribution in [3.8, 4) is 11.1 Å². The van der Waals surface area contributed by atoms with Gasteiger partial charge in [0, 0.05) is 25.0 Å². The van der Waals surface area contributed by atoms with Crippen molar-refractivity contribution in [1.29, 1.82) is 0 Å². The Morgan fingerprint density at radius 1 is 1.00 bits per heavy atom. The maximum Gasteiger partial charge on any atom is 0.407 e. The number of amides is 2. The summed E-state index contributed by atoms with van der Waals surface area (Å²) in [5, 5.41) is 11.9. The Kier molecular flexibility index (Phi) is 7.50. The molecule has 0 aromatic heterocycles. The highest BCUT2D eigenvalue weighted by molar-refractivity contribution is 5.82. The van der Waals surface area contributed by atoms with Gasteiger partial charge in [0.05, 0.1) is 12.3 Å². The lowest BCUT2D eigenvalue weighted by Crippen LogP contribution is -2.46. The van der Waals surface area contributed by atoms with Crippen LogP contribution in [0.1, 0.15) is 56.1 Å². The molecule has 2 amide bonds. The molecule has 180 valence electrons. The predicted octanol–water partition coefficient (Wildman–Crippen LogP) is 4.41. The highest BCUT2D eigenvalue weighted by atomic mass is 16.5. The summed E-state index contributed by atoms with van der Waals surface area (Å²) in [4.78, 5) is 38.5. The fourth-order valence-electron chi connectivity index (χ4n) is 5.29. The maximum absolute atomic E-state index is 13.1. The van der Waals surface area contributed by atoms with Crippen LogP contribution in [0.5, 0.6) is 0 Å². The average Bonchev–Trinajstić information content (AvgIpc) is 3.42. The van der Waals surface area contributed by atoms with E-state index in [4.69, 9.17) is 9.84 Å². The molecule has 0 saturated heterocycles. The van der Waals surface area contributed by atoms with Gasteiger partial charge in [-0.15, -0.1) is 0 Å². The van der Waals surface area contributed by atoms with E-state index in [1.165, 1.54) is 11.1 Å². The molecule has 0 spiro atoms. The first-order valence-corrected chi connectivity index (χ1v) is 12.1. The molecule has 0 aliphatic heterocycles. The molecule has 2 N–H and O–H groups in total. The van der Waals surface area contributed by atoms with Gasteiger partial charge in [-0.25, -0.2) is 4.79 Å². The van der Waals surface area contributed by atoms with Gasteiger partial charge in [0.25, 0.3) is 0 Å². The zero-order valence-corrected chi connectivity index (χ0v) is 19.5. The van der Waals surface area contributed by atoms with Gasteiger partial charge in [0.1, 0.15) is 6.61 Å². The zero-order valence-electron chi connectivity index (χ0n) is 19.5. The molecule has 7 heteroatoms. The third-order valence-electron chi connectivity index (χ3n) is 6.88. The number of nitrogens with zero attached hydrogens (tertiary/aromatic N) is 1. The maximum atomic E-state index is 13.1. The fraction of sp³-hybridized carbons (Fsp3) is 0.444. The Hall–Kier alpha value is -3.35. The summed E-state index contributed by atoms with van der Waals surface area (Å²) >= 11 is 0. The monoisotopic (exact) mass is 464 g/mol. The number of nitrogens with one attached hydrogen (secondary N) is 1. The molecule has 2 aromatic carbocycles. The van der Waals surface area contributed by atoms with Crippen LogP contribution in [0, 0.1) is 5.92 Å². The minimum Gasteiger partial charge on any atom is -0.481 e. The Balaban J connectivity index is 1.37. The molecule has 34 heavy (non-hydrogen) atoms. The fourth-order valence-corrected chi connectivity index (χ4v) is 5.29. The van der Waals surface area contributed by atoms with E-state index >= 15 is 0 Å². The number of benzene rings is 2. The first-order valence-electron chi connectivity index (χ1n) is 12.1. The SMILES string of the molecule is CCCN(CCC(=O)O)C(=O)[C@@H]1CCC[C@@H]1NC(=O)OCC1c2ccccc2-c2ccccc21. The van der Waals surface area contributed by atoms with Crippen LogP contribution in [-0.2, 0) is 14.3 Å². The number of carbonyl (C=O) groups is 3. The lowest BCUT2D eigenvalue weighted by molar-refractivity contribution is -0.140. The predicted molar refractivity (Wildman–Crippen MR) is 128 cm³/mol. The van der Waals surface area contributed by atoms with Gasteiger partial charge in [0.2, 0.25) is 5.91 Å². The smallest absolute Gasteiger partial charge is 0.407 e. The Morgan fingerprint density at radius 3 is 2.26 bits per heavy atom. The molecular weight excluding hydrogens is 432 g/mol. The Labute approximate surface area is 200 Å². The number of ether oxygens (including phenoxy) is 1. The van der Waals surface area contributed by atoms with Crippen molar-refractivity contribution in [3.63, 3.8) is 0 Å². The van der Waals surface area contributed by atoms with Crippen LogP contribution in [0.25, 0.3) is 11.1 Å². The molecule has 0 radical (unpaired) electrons. The molecule has 0 heterocycles. The van der Waals surface area contributed by atoms with Crippen LogP contribution < -0.4 is 5.32 Å². The third-order valence-corrected chi connectivity index (χ3v) is 6.88. The highest BCUT2D eigenvalue weighted by Crippen LogP contribution is 2.44. The van der Waals surface area contributed by atoms with Gasteiger partial charge < -0.3 is 20.1 Å². The summed E-state index contributed by atoms with van der Waals surface area (Å²) in [5.74, 6) is -1.37. The van der Waals surface area contributed by atoms with E-state index in [9.17, 15) is 14.4 Å². The molecule has 2 atom stereocenters. The van der Waals surface area contributed by atoms with Crippen LogP contribution in [0.15, 0.2) is 48.5 Å². The first kappa shape index (κ1) is 23.8. The van der Waals surface area contributed by atoms with Crippen LogP contribution in [0.2, 0.25) is 0 Å². The summed E-state index contributed by atoms with van der Waals surface area (Å²) in [6.07, 6.45) is 2.38. The number of hydrogen-bond donors (Lipinski definition) is 2. The Morgan fingerprint density at radius 2 is 1.65 bits per heavy atom. The largest absolute Gasteiger partial charge is 0.481 e. The summed E-state index contributed by atoms with van der Waals surface area (Å²) in [6.45, 7) is 2.89. The van der Waals surface area contributed by atoms with Gasteiger partial charge in [-0.1, -0.05) is 61.9 Å². The Bertz CT molecular complexity index is 1010. The minimum atomic E-state index is -0.923. The summed E-state index contributed by atoms with van der Waals surface area (Å²) in [7, 11) is 0. The minimum absolute atomic E-state index is 0.0183. The van der Waals surface area contributed by atoms with Crippen LogP contribution in [-0.4, -0.2) is 53.7 Å². The number of carboxylic acids is 1. The summed E-state index contributed by atoms with van der Waals surface area (Å²) < 4.78 is 5.66. The highest BCUT2D eigenvalue weighted by Gasteiger charge is 2.37. The van der Waals surface area contributed by atoms with E-state index in [2.05, 4.69) is 29.6 Å². The quantitative estimate of drug-likeness (QED) is 0.573. The van der Waals surface area contributed by atoms with Crippen molar-refractivity contribution in [3.05, 3.63) is 59.7 Å². The zero-order chi connectivity index (χ0) is 24.1. The number of aliphatic carboxylic acids is 1. The normalized spacial score (nSPS) is 18.7.